The Labute approximate surface area is 159 Å². The van der Waals surface area contributed by atoms with E-state index < -0.39 is 0 Å². The normalized spacial score (nSPS) is 10.9. The van der Waals surface area contributed by atoms with Gasteiger partial charge in [0.1, 0.15) is 10.7 Å². The van der Waals surface area contributed by atoms with Gasteiger partial charge in [0.2, 0.25) is 0 Å². The van der Waals surface area contributed by atoms with E-state index in [4.69, 9.17) is 0 Å². The number of aromatic nitrogens is 3. The van der Waals surface area contributed by atoms with Crippen molar-refractivity contribution < 1.29 is 4.79 Å². The number of hydrogen-bond acceptors (Lipinski definition) is 5. The highest BCUT2D eigenvalue weighted by Crippen LogP contribution is 2.22. The fourth-order valence-corrected chi connectivity index (χ4v) is 3.76. The zero-order valence-corrected chi connectivity index (χ0v) is 15.4. The molecule has 0 unspecified atom stereocenters. The maximum Gasteiger partial charge on any atom is 0.274 e. The molecule has 0 radical (unpaired) electrons. The van der Waals surface area contributed by atoms with Gasteiger partial charge in [-0.05, 0) is 30.3 Å². The molecule has 0 saturated carbocycles. The lowest BCUT2D eigenvalue weighted by Crippen LogP contribution is -2.30. The van der Waals surface area contributed by atoms with Crippen LogP contribution in [-0.2, 0) is 6.54 Å². The summed E-state index contributed by atoms with van der Waals surface area (Å²) >= 11 is 1.56. The first kappa shape index (κ1) is 17.1. The topological polar surface area (TPSA) is 68.1 Å². The van der Waals surface area contributed by atoms with E-state index in [1.165, 1.54) is 16.8 Å². The number of fused-ring (bicyclic) bond motifs is 1. The van der Waals surface area contributed by atoms with E-state index in [9.17, 15) is 9.59 Å². The van der Waals surface area contributed by atoms with E-state index in [-0.39, 0.29) is 17.2 Å². The molecule has 4 rings (SSSR count). The van der Waals surface area contributed by atoms with Gasteiger partial charge in [-0.2, -0.15) is 9.78 Å². The van der Waals surface area contributed by atoms with Gasteiger partial charge in [-0.1, -0.05) is 30.3 Å². The molecule has 0 saturated heterocycles. The Kier molecular flexibility index (Phi) is 4.52. The standard InChI is InChI=1S/C20H16N4O2S/c1-23(13-18-21-15-9-5-6-10-17(15)27-18)20(26)16-11-12-19(25)24(22-16)14-7-3-2-4-8-14/h2-12H,13H2,1H3. The summed E-state index contributed by atoms with van der Waals surface area (Å²) < 4.78 is 2.32. The minimum atomic E-state index is -0.286. The van der Waals surface area contributed by atoms with Crippen molar-refractivity contribution in [2.75, 3.05) is 7.05 Å². The molecule has 1 amide bonds. The van der Waals surface area contributed by atoms with Crippen LogP contribution in [0.4, 0.5) is 0 Å². The fourth-order valence-electron chi connectivity index (χ4n) is 2.74. The van der Waals surface area contributed by atoms with Crippen molar-refractivity contribution in [2.45, 2.75) is 6.54 Å². The number of benzene rings is 2. The molecule has 0 bridgehead atoms. The third-order valence-electron chi connectivity index (χ3n) is 4.08. The summed E-state index contributed by atoms with van der Waals surface area (Å²) in [6.45, 7) is 0.379. The zero-order valence-electron chi connectivity index (χ0n) is 14.6. The second kappa shape index (κ2) is 7.13. The van der Waals surface area contributed by atoms with E-state index >= 15 is 0 Å². The molecule has 0 fully saturated rings. The van der Waals surface area contributed by atoms with Gasteiger partial charge in [-0.15, -0.1) is 11.3 Å². The van der Waals surface area contributed by atoms with Crippen LogP contribution in [0.25, 0.3) is 15.9 Å². The van der Waals surface area contributed by atoms with Gasteiger partial charge in [-0.3, -0.25) is 9.59 Å². The molecule has 6 nitrogen and oxygen atoms in total. The molecular formula is C20H16N4O2S. The molecule has 2 aromatic carbocycles. The minimum absolute atomic E-state index is 0.210. The van der Waals surface area contributed by atoms with Crippen molar-refractivity contribution >= 4 is 27.5 Å². The van der Waals surface area contributed by atoms with Gasteiger partial charge in [0.15, 0.2) is 0 Å². The Morgan fingerprint density at radius 2 is 1.78 bits per heavy atom. The summed E-state index contributed by atoms with van der Waals surface area (Å²) in [5, 5.41) is 5.09. The van der Waals surface area contributed by atoms with E-state index in [0.717, 1.165) is 15.2 Å². The van der Waals surface area contributed by atoms with Crippen molar-refractivity contribution in [1.82, 2.24) is 19.7 Å². The largest absolute Gasteiger partial charge is 0.334 e. The Hall–Kier alpha value is -3.32. The van der Waals surface area contributed by atoms with Crippen LogP contribution in [0.3, 0.4) is 0 Å². The van der Waals surface area contributed by atoms with Gasteiger partial charge in [0.05, 0.1) is 22.4 Å². The molecule has 0 N–H and O–H groups in total. The maximum absolute atomic E-state index is 12.8. The highest BCUT2D eigenvalue weighted by atomic mass is 32.1. The predicted molar refractivity (Wildman–Crippen MR) is 105 cm³/mol. The van der Waals surface area contributed by atoms with Crippen LogP contribution in [-0.4, -0.2) is 32.6 Å². The SMILES string of the molecule is CN(Cc1nc2ccccc2s1)C(=O)c1ccc(=O)n(-c2ccccc2)n1. The first-order valence-electron chi connectivity index (χ1n) is 8.37. The van der Waals surface area contributed by atoms with Gasteiger partial charge < -0.3 is 4.90 Å². The molecule has 0 spiro atoms. The summed E-state index contributed by atoms with van der Waals surface area (Å²) in [5.74, 6) is -0.265. The molecule has 0 aliphatic heterocycles. The van der Waals surface area contributed by atoms with E-state index in [0.29, 0.717) is 12.2 Å². The smallest absolute Gasteiger partial charge is 0.274 e. The average molecular weight is 376 g/mol. The number of hydrogen-bond donors (Lipinski definition) is 0. The zero-order chi connectivity index (χ0) is 18.8. The summed E-state index contributed by atoms with van der Waals surface area (Å²) in [6, 6.07) is 19.7. The van der Waals surface area contributed by atoms with Gasteiger partial charge in [0.25, 0.3) is 11.5 Å². The van der Waals surface area contributed by atoms with Crippen molar-refractivity contribution in [3.63, 3.8) is 0 Å². The van der Waals surface area contributed by atoms with Crippen LogP contribution < -0.4 is 5.56 Å². The summed E-state index contributed by atoms with van der Waals surface area (Å²) in [6.07, 6.45) is 0. The first-order chi connectivity index (χ1) is 13.1. The average Bonchev–Trinajstić information content (AvgIpc) is 3.10. The summed E-state index contributed by atoms with van der Waals surface area (Å²) in [4.78, 5) is 31.0. The lowest BCUT2D eigenvalue weighted by atomic mass is 10.3. The maximum atomic E-state index is 12.8. The lowest BCUT2D eigenvalue weighted by molar-refractivity contribution is 0.0777. The molecule has 4 aromatic rings. The van der Waals surface area contributed by atoms with Crippen LogP contribution in [0.15, 0.2) is 71.5 Å². The quantitative estimate of drug-likeness (QED) is 0.549. The lowest BCUT2D eigenvalue weighted by Gasteiger charge is -2.15. The predicted octanol–water partition coefficient (Wildman–Crippen LogP) is 3.11. The minimum Gasteiger partial charge on any atom is -0.334 e. The van der Waals surface area contributed by atoms with E-state index in [1.54, 1.807) is 35.4 Å². The van der Waals surface area contributed by atoms with Crippen molar-refractivity contribution in [2.24, 2.45) is 0 Å². The van der Waals surface area contributed by atoms with Crippen molar-refractivity contribution in [3.05, 3.63) is 87.8 Å². The van der Waals surface area contributed by atoms with Gasteiger partial charge in [-0.25, -0.2) is 4.98 Å². The Bertz CT molecular complexity index is 1130. The molecule has 2 aromatic heterocycles. The summed E-state index contributed by atoms with van der Waals surface area (Å²) in [5.41, 5.74) is 1.47. The van der Waals surface area contributed by atoms with Crippen LogP contribution in [0.5, 0.6) is 0 Å². The first-order valence-corrected chi connectivity index (χ1v) is 9.19. The highest BCUT2D eigenvalue weighted by Gasteiger charge is 2.17. The Morgan fingerprint density at radius 3 is 2.56 bits per heavy atom. The number of carbonyl (C=O) groups is 1. The molecule has 0 aliphatic rings. The Balaban J connectivity index is 1.59. The number of nitrogens with zero attached hydrogens (tertiary/aromatic N) is 4. The Morgan fingerprint density at radius 1 is 1.04 bits per heavy atom. The van der Waals surface area contributed by atoms with E-state index in [1.807, 2.05) is 42.5 Å². The molecule has 0 aliphatic carbocycles. The van der Waals surface area contributed by atoms with Gasteiger partial charge in [0, 0.05) is 13.1 Å². The van der Waals surface area contributed by atoms with Gasteiger partial charge >= 0.3 is 0 Å². The highest BCUT2D eigenvalue weighted by molar-refractivity contribution is 7.18. The van der Waals surface area contributed by atoms with Crippen molar-refractivity contribution in [1.29, 1.82) is 0 Å². The van der Waals surface area contributed by atoms with Crippen LogP contribution in [0.2, 0.25) is 0 Å². The third kappa shape index (κ3) is 3.50. The number of carbonyl (C=O) groups excluding carboxylic acids is 1. The van der Waals surface area contributed by atoms with Crippen LogP contribution in [0.1, 0.15) is 15.5 Å². The molecule has 7 heteroatoms. The monoisotopic (exact) mass is 376 g/mol. The molecule has 0 atom stereocenters. The number of amides is 1. The molecular weight excluding hydrogens is 360 g/mol. The second-order valence-corrected chi connectivity index (χ2v) is 7.16. The van der Waals surface area contributed by atoms with Crippen molar-refractivity contribution in [3.8, 4) is 5.69 Å². The summed E-state index contributed by atoms with van der Waals surface area (Å²) in [7, 11) is 1.70. The van der Waals surface area contributed by atoms with Crippen LogP contribution in [0, 0.1) is 0 Å². The third-order valence-corrected chi connectivity index (χ3v) is 5.10. The fraction of sp³-hybridized carbons (Fsp3) is 0.100. The number of para-hydroxylation sites is 2. The number of thiazole rings is 1. The number of rotatable bonds is 4. The second-order valence-electron chi connectivity index (χ2n) is 6.04. The molecule has 27 heavy (non-hydrogen) atoms. The van der Waals surface area contributed by atoms with Crippen LogP contribution >= 0.6 is 11.3 Å². The van der Waals surface area contributed by atoms with E-state index in [2.05, 4.69) is 10.1 Å². The molecule has 2 heterocycles. The molecule has 134 valence electrons.